The van der Waals surface area contributed by atoms with Gasteiger partial charge in [0, 0.05) is 26.1 Å². The molecule has 3 aromatic carbocycles. The first-order valence-electron chi connectivity index (χ1n) is 12.8. The van der Waals surface area contributed by atoms with Crippen LogP contribution in [0.2, 0.25) is 0 Å². The van der Waals surface area contributed by atoms with Gasteiger partial charge in [0.05, 0.1) is 0 Å². The smallest absolute Gasteiger partial charge is 0.239 e. The number of hydrogen-bond donors (Lipinski definition) is 0. The zero-order chi connectivity index (χ0) is 25.2. The first kappa shape index (κ1) is 24.6. The molecule has 1 nitrogen and oxygen atoms in total. The third-order valence-electron chi connectivity index (χ3n) is 7.59. The van der Waals surface area contributed by atoms with E-state index in [4.69, 9.17) is 0 Å². The molecule has 4 heteroatoms. The maximum atomic E-state index is 14.3. The Kier molecular flexibility index (Phi) is 7.15. The molecule has 3 aromatic rings. The second-order valence-electron chi connectivity index (χ2n) is 10.0. The van der Waals surface area contributed by atoms with Crippen molar-refractivity contribution in [1.29, 1.82) is 0 Å². The Morgan fingerprint density at radius 2 is 1.61 bits per heavy atom. The highest BCUT2D eigenvalue weighted by atomic mass is 19.3. The molecular weight excluding hydrogens is 455 g/mol. The largest absolute Gasteiger partial charge is 0.295 e. The molecule has 36 heavy (non-hydrogen) atoms. The van der Waals surface area contributed by atoms with Crippen molar-refractivity contribution in [3.05, 3.63) is 111 Å². The third kappa shape index (κ3) is 5.05. The molecule has 1 aliphatic carbocycles. The molecule has 1 fully saturated rings. The van der Waals surface area contributed by atoms with Crippen LogP contribution in [0.15, 0.2) is 66.2 Å². The van der Waals surface area contributed by atoms with Crippen molar-refractivity contribution in [3.8, 4) is 0 Å². The monoisotopic (exact) mass is 487 g/mol. The van der Waals surface area contributed by atoms with Gasteiger partial charge in [0.25, 0.3) is 0 Å². The van der Waals surface area contributed by atoms with Gasteiger partial charge < -0.3 is 0 Å². The molecule has 0 amide bonds. The van der Waals surface area contributed by atoms with E-state index in [9.17, 15) is 13.2 Å². The quantitative estimate of drug-likeness (QED) is 0.340. The van der Waals surface area contributed by atoms with Crippen molar-refractivity contribution < 1.29 is 13.2 Å². The molecular formula is C32H32F3N. The summed E-state index contributed by atoms with van der Waals surface area (Å²) >= 11 is 0. The molecule has 5 rings (SSSR count). The first-order valence-corrected chi connectivity index (χ1v) is 12.8. The van der Waals surface area contributed by atoms with Crippen molar-refractivity contribution in [3.63, 3.8) is 0 Å². The van der Waals surface area contributed by atoms with E-state index in [1.54, 1.807) is 6.07 Å². The summed E-state index contributed by atoms with van der Waals surface area (Å²) in [5.41, 5.74) is 11.5. The summed E-state index contributed by atoms with van der Waals surface area (Å²) in [7, 11) is 0. The average molecular weight is 488 g/mol. The van der Waals surface area contributed by atoms with Gasteiger partial charge >= 0.3 is 0 Å². The number of allylic oxidation sites excluding steroid dienone is 1. The molecule has 0 saturated carbocycles. The van der Waals surface area contributed by atoms with E-state index >= 15 is 0 Å². The van der Waals surface area contributed by atoms with Gasteiger partial charge in [-0.15, -0.1) is 0 Å². The minimum atomic E-state index is -2.23. The summed E-state index contributed by atoms with van der Waals surface area (Å²) in [6, 6.07) is 20.8. The number of benzene rings is 3. The van der Waals surface area contributed by atoms with E-state index in [1.165, 1.54) is 27.8 Å². The molecule has 186 valence electrons. The second kappa shape index (κ2) is 10.5. The van der Waals surface area contributed by atoms with Crippen molar-refractivity contribution >= 4 is 17.2 Å². The van der Waals surface area contributed by atoms with Crippen molar-refractivity contribution in [2.75, 3.05) is 19.6 Å². The Morgan fingerprint density at radius 3 is 2.36 bits per heavy atom. The summed E-state index contributed by atoms with van der Waals surface area (Å²) in [5.74, 6) is -0.159. The van der Waals surface area contributed by atoms with Crippen LogP contribution in [0.25, 0.3) is 17.2 Å². The van der Waals surface area contributed by atoms with Crippen molar-refractivity contribution in [2.24, 2.45) is 0 Å². The molecule has 0 N–H and O–H groups in total. The average Bonchev–Trinajstić information content (AvgIpc) is 3.04. The van der Waals surface area contributed by atoms with Crippen LogP contribution in [-0.2, 0) is 6.42 Å². The predicted molar refractivity (Wildman–Crippen MR) is 143 cm³/mol. The molecule has 2 aliphatic rings. The Hall–Kier alpha value is -3.11. The van der Waals surface area contributed by atoms with Crippen molar-refractivity contribution in [2.45, 2.75) is 46.0 Å². The van der Waals surface area contributed by atoms with E-state index < -0.39 is 6.43 Å². The summed E-state index contributed by atoms with van der Waals surface area (Å²) in [6.45, 7) is 5.86. The zero-order valence-corrected chi connectivity index (χ0v) is 21.0. The van der Waals surface area contributed by atoms with Gasteiger partial charge in [-0.05, 0) is 94.8 Å². The van der Waals surface area contributed by atoms with Gasteiger partial charge in [0.1, 0.15) is 5.82 Å². The SMILES string of the molecule is Cc1c(F)ccc(C2=C(c3ccc(C=C4CN(CCC(F)F)C4)cc3)c3ccccc3CCC2)c1C. The Balaban J connectivity index is 1.50. The van der Waals surface area contributed by atoms with Gasteiger partial charge in [-0.1, -0.05) is 60.7 Å². The molecule has 0 atom stereocenters. The van der Waals surface area contributed by atoms with Crippen LogP contribution in [-0.4, -0.2) is 31.0 Å². The highest BCUT2D eigenvalue weighted by Crippen LogP contribution is 2.41. The molecule has 0 unspecified atom stereocenters. The summed E-state index contributed by atoms with van der Waals surface area (Å²) in [4.78, 5) is 2.05. The van der Waals surface area contributed by atoms with Crippen molar-refractivity contribution in [1.82, 2.24) is 4.90 Å². The molecule has 1 heterocycles. The van der Waals surface area contributed by atoms with Gasteiger partial charge in [0.2, 0.25) is 6.43 Å². The second-order valence-corrected chi connectivity index (χ2v) is 10.0. The van der Waals surface area contributed by atoms with Crippen LogP contribution in [0, 0.1) is 19.7 Å². The standard InChI is InChI=1S/C32H32F3N/c1-21-22(2)30(33)15-14-27(21)29-9-5-7-25-6-3-4-8-28(25)32(29)26-12-10-23(11-13-26)18-24-19-36(20-24)17-16-31(34)35/h3-4,6,8,10-15,18,31H,5,7,9,16-17,19-20H2,1-2H3. The first-order chi connectivity index (χ1) is 17.4. The predicted octanol–water partition coefficient (Wildman–Crippen LogP) is 8.09. The van der Waals surface area contributed by atoms with Gasteiger partial charge in [0.15, 0.2) is 0 Å². The number of fused-ring (bicyclic) bond motifs is 1. The number of likely N-dealkylation sites (tertiary alicyclic amines) is 1. The maximum absolute atomic E-state index is 14.3. The van der Waals surface area contributed by atoms with Crippen LogP contribution in [0.5, 0.6) is 0 Å². The van der Waals surface area contributed by atoms with E-state index in [-0.39, 0.29) is 12.2 Å². The van der Waals surface area contributed by atoms with E-state index in [0.717, 1.165) is 54.6 Å². The van der Waals surface area contributed by atoms with E-state index in [1.807, 2.05) is 19.9 Å². The van der Waals surface area contributed by atoms with Gasteiger partial charge in [-0.25, -0.2) is 13.2 Å². The van der Waals surface area contributed by atoms with Crippen LogP contribution in [0.4, 0.5) is 13.2 Å². The topological polar surface area (TPSA) is 3.24 Å². The Bertz CT molecular complexity index is 1310. The van der Waals surface area contributed by atoms with Crippen LogP contribution in [0.1, 0.15) is 58.2 Å². The highest BCUT2D eigenvalue weighted by Gasteiger charge is 2.23. The molecule has 0 aromatic heterocycles. The number of halogens is 3. The van der Waals surface area contributed by atoms with E-state index in [0.29, 0.717) is 12.1 Å². The fourth-order valence-corrected chi connectivity index (χ4v) is 5.48. The number of hydrogen-bond acceptors (Lipinski definition) is 1. The lowest BCUT2D eigenvalue weighted by atomic mass is 9.85. The number of aryl methyl sites for hydroxylation is 1. The molecule has 1 aliphatic heterocycles. The lowest BCUT2D eigenvalue weighted by Gasteiger charge is -2.34. The number of nitrogens with zero attached hydrogens (tertiary/aromatic N) is 1. The normalized spacial score (nSPS) is 16.1. The van der Waals surface area contributed by atoms with Crippen LogP contribution < -0.4 is 0 Å². The zero-order valence-electron chi connectivity index (χ0n) is 21.0. The summed E-state index contributed by atoms with van der Waals surface area (Å²) in [6.07, 6.45) is 2.89. The lowest BCUT2D eigenvalue weighted by Crippen LogP contribution is -2.40. The van der Waals surface area contributed by atoms with Gasteiger partial charge in [-0.3, -0.25) is 4.90 Å². The summed E-state index contributed by atoms with van der Waals surface area (Å²) in [5, 5.41) is 0. The molecule has 0 bridgehead atoms. The highest BCUT2D eigenvalue weighted by molar-refractivity contribution is 6.00. The van der Waals surface area contributed by atoms with Crippen LogP contribution in [0.3, 0.4) is 0 Å². The Labute approximate surface area is 212 Å². The third-order valence-corrected chi connectivity index (χ3v) is 7.59. The number of alkyl halides is 2. The molecule has 0 radical (unpaired) electrons. The molecule has 1 saturated heterocycles. The fourth-order valence-electron chi connectivity index (χ4n) is 5.48. The fraction of sp³-hybridized carbons (Fsp3) is 0.312. The van der Waals surface area contributed by atoms with Crippen LogP contribution >= 0.6 is 0 Å². The Morgan fingerprint density at radius 1 is 0.861 bits per heavy atom. The molecule has 0 spiro atoms. The minimum absolute atomic E-state index is 0.0616. The number of rotatable bonds is 6. The lowest BCUT2D eigenvalue weighted by molar-refractivity contribution is 0.111. The van der Waals surface area contributed by atoms with Gasteiger partial charge in [-0.2, -0.15) is 0 Å². The maximum Gasteiger partial charge on any atom is 0.239 e. The van der Waals surface area contributed by atoms with E-state index in [2.05, 4.69) is 59.5 Å². The summed E-state index contributed by atoms with van der Waals surface area (Å²) < 4.78 is 39.2. The minimum Gasteiger partial charge on any atom is -0.295 e.